The SMILES string of the molecule is CCCOc1ccc(C(N)Cc2ccc(Cl)cc2Cl)cc1. The standard InChI is InChI=1S/C17H19Cl2NO/c1-2-9-21-15-7-4-12(5-8-15)17(20)10-13-3-6-14(18)11-16(13)19/h3-8,11,17H,2,9-10,20H2,1H3. The van der Waals surface area contributed by atoms with Crippen LogP contribution in [0.4, 0.5) is 0 Å². The maximum absolute atomic E-state index is 6.25. The smallest absolute Gasteiger partial charge is 0.119 e. The lowest BCUT2D eigenvalue weighted by Crippen LogP contribution is -2.13. The summed E-state index contributed by atoms with van der Waals surface area (Å²) in [4.78, 5) is 0. The van der Waals surface area contributed by atoms with Crippen LogP contribution in [-0.4, -0.2) is 6.61 Å². The molecule has 0 aromatic heterocycles. The Kier molecular flexibility index (Phi) is 5.92. The Morgan fingerprint density at radius 2 is 1.81 bits per heavy atom. The number of hydrogen-bond acceptors (Lipinski definition) is 2. The van der Waals surface area contributed by atoms with Gasteiger partial charge < -0.3 is 10.5 Å². The Hall–Kier alpha value is -1.22. The van der Waals surface area contributed by atoms with Crippen LogP contribution in [0.1, 0.15) is 30.5 Å². The molecule has 0 aliphatic rings. The first-order chi connectivity index (χ1) is 10.1. The molecule has 0 spiro atoms. The number of nitrogens with two attached hydrogens (primary N) is 1. The summed E-state index contributed by atoms with van der Waals surface area (Å²) in [6.07, 6.45) is 1.67. The normalized spacial score (nSPS) is 12.2. The Morgan fingerprint density at radius 3 is 2.43 bits per heavy atom. The second-order valence-electron chi connectivity index (χ2n) is 4.96. The maximum Gasteiger partial charge on any atom is 0.119 e. The van der Waals surface area contributed by atoms with Crippen molar-refractivity contribution in [1.82, 2.24) is 0 Å². The Morgan fingerprint density at radius 1 is 1.10 bits per heavy atom. The molecule has 0 bridgehead atoms. The van der Waals surface area contributed by atoms with Crippen molar-refractivity contribution in [1.29, 1.82) is 0 Å². The predicted molar refractivity (Wildman–Crippen MR) is 89.3 cm³/mol. The first-order valence-electron chi connectivity index (χ1n) is 7.02. The molecular weight excluding hydrogens is 305 g/mol. The van der Waals surface area contributed by atoms with Crippen LogP contribution in [0.3, 0.4) is 0 Å². The van der Waals surface area contributed by atoms with E-state index in [9.17, 15) is 0 Å². The van der Waals surface area contributed by atoms with Crippen LogP contribution in [0.5, 0.6) is 5.75 Å². The largest absolute Gasteiger partial charge is 0.494 e. The Balaban J connectivity index is 2.04. The molecule has 0 amide bonds. The summed E-state index contributed by atoms with van der Waals surface area (Å²) in [7, 11) is 0. The molecule has 2 aromatic rings. The van der Waals surface area contributed by atoms with E-state index in [1.54, 1.807) is 6.07 Å². The van der Waals surface area contributed by atoms with Crippen molar-refractivity contribution in [3.8, 4) is 5.75 Å². The summed E-state index contributed by atoms with van der Waals surface area (Å²) in [6.45, 7) is 2.81. The van der Waals surface area contributed by atoms with Crippen molar-refractivity contribution >= 4 is 23.2 Å². The highest BCUT2D eigenvalue weighted by Gasteiger charge is 2.10. The lowest BCUT2D eigenvalue weighted by Gasteiger charge is -2.14. The van der Waals surface area contributed by atoms with Crippen molar-refractivity contribution < 1.29 is 4.74 Å². The van der Waals surface area contributed by atoms with E-state index in [4.69, 9.17) is 33.7 Å². The molecule has 2 aromatic carbocycles. The Labute approximate surface area is 135 Å². The van der Waals surface area contributed by atoms with Gasteiger partial charge in [0.05, 0.1) is 6.61 Å². The fraction of sp³-hybridized carbons (Fsp3) is 0.294. The van der Waals surface area contributed by atoms with Gasteiger partial charge in [0, 0.05) is 16.1 Å². The molecule has 0 saturated heterocycles. The van der Waals surface area contributed by atoms with Crippen LogP contribution in [0.25, 0.3) is 0 Å². The van der Waals surface area contributed by atoms with E-state index >= 15 is 0 Å². The average Bonchev–Trinajstić information content (AvgIpc) is 2.48. The number of halogens is 2. The lowest BCUT2D eigenvalue weighted by atomic mass is 9.99. The van der Waals surface area contributed by atoms with Crippen molar-refractivity contribution in [2.24, 2.45) is 5.73 Å². The highest BCUT2D eigenvalue weighted by atomic mass is 35.5. The topological polar surface area (TPSA) is 35.2 Å². The third-order valence-electron chi connectivity index (χ3n) is 3.24. The third kappa shape index (κ3) is 4.63. The molecule has 112 valence electrons. The molecule has 21 heavy (non-hydrogen) atoms. The fourth-order valence-electron chi connectivity index (χ4n) is 2.07. The molecular formula is C17H19Cl2NO. The van der Waals surface area contributed by atoms with Crippen LogP contribution in [-0.2, 0) is 6.42 Å². The molecule has 2 rings (SSSR count). The highest BCUT2D eigenvalue weighted by molar-refractivity contribution is 6.35. The van der Waals surface area contributed by atoms with E-state index in [0.717, 1.165) is 29.9 Å². The summed E-state index contributed by atoms with van der Waals surface area (Å²) in [5.41, 5.74) is 8.31. The number of rotatable bonds is 6. The maximum atomic E-state index is 6.25. The molecule has 0 aliphatic carbocycles. The molecule has 0 fully saturated rings. The van der Waals surface area contributed by atoms with Crippen molar-refractivity contribution in [3.63, 3.8) is 0 Å². The lowest BCUT2D eigenvalue weighted by molar-refractivity contribution is 0.317. The van der Waals surface area contributed by atoms with Crippen LogP contribution < -0.4 is 10.5 Å². The molecule has 2 N–H and O–H groups in total. The minimum absolute atomic E-state index is 0.107. The van der Waals surface area contributed by atoms with Gasteiger partial charge in [-0.15, -0.1) is 0 Å². The van der Waals surface area contributed by atoms with Crippen LogP contribution in [0, 0.1) is 0 Å². The second-order valence-corrected chi connectivity index (χ2v) is 5.81. The van der Waals surface area contributed by atoms with E-state index in [2.05, 4.69) is 6.92 Å². The van der Waals surface area contributed by atoms with Crippen molar-refractivity contribution in [3.05, 3.63) is 63.6 Å². The zero-order valence-electron chi connectivity index (χ0n) is 12.0. The van der Waals surface area contributed by atoms with Gasteiger partial charge in [0.25, 0.3) is 0 Å². The molecule has 2 nitrogen and oxygen atoms in total. The minimum Gasteiger partial charge on any atom is -0.494 e. The average molecular weight is 324 g/mol. The van der Waals surface area contributed by atoms with E-state index in [0.29, 0.717) is 16.5 Å². The van der Waals surface area contributed by atoms with Gasteiger partial charge in [0.1, 0.15) is 5.75 Å². The van der Waals surface area contributed by atoms with Crippen molar-refractivity contribution in [2.45, 2.75) is 25.8 Å². The summed E-state index contributed by atoms with van der Waals surface area (Å²) in [5.74, 6) is 0.873. The summed E-state index contributed by atoms with van der Waals surface area (Å²) >= 11 is 12.1. The molecule has 0 saturated carbocycles. The van der Waals surface area contributed by atoms with E-state index in [-0.39, 0.29) is 6.04 Å². The first-order valence-corrected chi connectivity index (χ1v) is 7.78. The van der Waals surface area contributed by atoms with E-state index in [1.807, 2.05) is 36.4 Å². The molecule has 1 unspecified atom stereocenters. The monoisotopic (exact) mass is 323 g/mol. The quantitative estimate of drug-likeness (QED) is 0.809. The zero-order valence-corrected chi connectivity index (χ0v) is 13.5. The van der Waals surface area contributed by atoms with Gasteiger partial charge in [-0.05, 0) is 48.2 Å². The van der Waals surface area contributed by atoms with Crippen LogP contribution in [0.15, 0.2) is 42.5 Å². The van der Waals surface area contributed by atoms with Gasteiger partial charge in [-0.3, -0.25) is 0 Å². The second kappa shape index (κ2) is 7.69. The van der Waals surface area contributed by atoms with Crippen LogP contribution >= 0.6 is 23.2 Å². The fourth-order valence-corrected chi connectivity index (χ4v) is 2.56. The minimum atomic E-state index is -0.107. The zero-order chi connectivity index (χ0) is 15.2. The van der Waals surface area contributed by atoms with Crippen molar-refractivity contribution in [2.75, 3.05) is 6.61 Å². The van der Waals surface area contributed by atoms with Gasteiger partial charge in [0.15, 0.2) is 0 Å². The van der Waals surface area contributed by atoms with Gasteiger partial charge >= 0.3 is 0 Å². The van der Waals surface area contributed by atoms with Gasteiger partial charge in [-0.25, -0.2) is 0 Å². The third-order valence-corrected chi connectivity index (χ3v) is 3.82. The predicted octanol–water partition coefficient (Wildman–Crippen LogP) is 5.02. The molecule has 0 radical (unpaired) electrons. The Bertz CT molecular complexity index is 584. The highest BCUT2D eigenvalue weighted by Crippen LogP contribution is 2.26. The van der Waals surface area contributed by atoms with Gasteiger partial charge in [-0.1, -0.05) is 48.3 Å². The van der Waals surface area contributed by atoms with Gasteiger partial charge in [-0.2, -0.15) is 0 Å². The molecule has 0 heterocycles. The molecule has 0 aliphatic heterocycles. The van der Waals surface area contributed by atoms with E-state index < -0.39 is 0 Å². The number of ether oxygens (including phenoxy) is 1. The van der Waals surface area contributed by atoms with E-state index in [1.165, 1.54) is 0 Å². The summed E-state index contributed by atoms with van der Waals surface area (Å²) in [5, 5.41) is 1.29. The first kappa shape index (κ1) is 16.2. The molecule has 4 heteroatoms. The number of hydrogen-bond donors (Lipinski definition) is 1. The molecule has 1 atom stereocenters. The van der Waals surface area contributed by atoms with Crippen LogP contribution in [0.2, 0.25) is 10.0 Å². The van der Waals surface area contributed by atoms with Gasteiger partial charge in [0.2, 0.25) is 0 Å². The summed E-state index contributed by atoms with van der Waals surface area (Å²) < 4.78 is 5.56. The number of benzene rings is 2. The summed E-state index contributed by atoms with van der Waals surface area (Å²) in [6, 6.07) is 13.3.